The van der Waals surface area contributed by atoms with Gasteiger partial charge in [0.1, 0.15) is 12.3 Å². The van der Waals surface area contributed by atoms with Crippen LogP contribution in [0.5, 0.6) is 0 Å². The molecule has 0 saturated carbocycles. The molecule has 2 rings (SSSR count). The zero-order valence-corrected chi connectivity index (χ0v) is 9.78. The minimum Gasteiger partial charge on any atom is -0.448 e. The number of aromatic nitrogens is 2. The minimum atomic E-state index is -4.50. The van der Waals surface area contributed by atoms with E-state index < -0.39 is 18.0 Å². The van der Waals surface area contributed by atoms with Crippen molar-refractivity contribution in [3.63, 3.8) is 0 Å². The van der Waals surface area contributed by atoms with E-state index in [0.717, 1.165) is 12.3 Å². The van der Waals surface area contributed by atoms with E-state index in [-0.39, 0.29) is 12.5 Å². The number of rotatable bonds is 4. The lowest BCUT2D eigenvalue weighted by Gasteiger charge is -2.13. The average Bonchev–Trinajstić information content (AvgIpc) is 2.75. The molecule has 1 aliphatic rings. The molecule has 9 heteroatoms. The summed E-state index contributed by atoms with van der Waals surface area (Å²) in [6.45, 7) is 1.37. The highest BCUT2D eigenvalue weighted by Gasteiger charge is 2.32. The van der Waals surface area contributed by atoms with Crippen LogP contribution in [0.3, 0.4) is 0 Å². The van der Waals surface area contributed by atoms with Crippen LogP contribution in [0.2, 0.25) is 0 Å². The Hall–Kier alpha value is -2.06. The molecule has 19 heavy (non-hydrogen) atoms. The smallest absolute Gasteiger partial charge is 0.433 e. The first kappa shape index (κ1) is 13.4. The van der Waals surface area contributed by atoms with Gasteiger partial charge in [0.25, 0.3) is 0 Å². The number of halogens is 3. The molecule has 2 heterocycles. The maximum atomic E-state index is 12.4. The molecular weight excluding hydrogens is 265 g/mol. The van der Waals surface area contributed by atoms with E-state index in [2.05, 4.69) is 15.3 Å². The summed E-state index contributed by atoms with van der Waals surface area (Å²) in [5, 5.41) is 2.63. The van der Waals surface area contributed by atoms with Crippen LogP contribution in [0.1, 0.15) is 5.69 Å². The van der Waals surface area contributed by atoms with Gasteiger partial charge in [0.05, 0.1) is 6.54 Å². The summed E-state index contributed by atoms with van der Waals surface area (Å²) in [4.78, 5) is 19.6. The van der Waals surface area contributed by atoms with Crippen molar-refractivity contribution in [3.8, 4) is 0 Å². The second kappa shape index (κ2) is 5.29. The zero-order chi connectivity index (χ0) is 13.9. The van der Waals surface area contributed by atoms with Gasteiger partial charge in [-0.25, -0.2) is 14.8 Å². The van der Waals surface area contributed by atoms with E-state index in [0.29, 0.717) is 19.7 Å². The summed E-state index contributed by atoms with van der Waals surface area (Å²) in [6.07, 6.45) is -3.90. The molecular formula is C10H11F3N4O2. The van der Waals surface area contributed by atoms with Crippen molar-refractivity contribution in [2.24, 2.45) is 0 Å². The van der Waals surface area contributed by atoms with Gasteiger partial charge < -0.3 is 15.0 Å². The fourth-order valence-corrected chi connectivity index (χ4v) is 1.53. The first-order valence-electron chi connectivity index (χ1n) is 5.52. The van der Waals surface area contributed by atoms with Gasteiger partial charge in [0.15, 0.2) is 0 Å². The number of nitrogens with zero attached hydrogens (tertiary/aromatic N) is 3. The highest BCUT2D eigenvalue weighted by atomic mass is 19.4. The van der Waals surface area contributed by atoms with Crippen LogP contribution in [0.4, 0.5) is 23.9 Å². The number of amides is 1. The average molecular weight is 276 g/mol. The molecule has 1 fully saturated rings. The molecule has 104 valence electrons. The molecule has 1 aliphatic heterocycles. The molecule has 0 radical (unpaired) electrons. The van der Waals surface area contributed by atoms with Crippen molar-refractivity contribution in [1.82, 2.24) is 14.9 Å². The standard InChI is InChI=1S/C10H11F3N4O2/c11-10(12,13)7-1-2-14-8(16-7)15-3-4-17-5-6-19-9(17)18/h1-2H,3-6H2,(H,14,15,16). The molecule has 0 aromatic carbocycles. The van der Waals surface area contributed by atoms with Gasteiger partial charge in [0.2, 0.25) is 5.95 Å². The molecule has 0 bridgehead atoms. The van der Waals surface area contributed by atoms with Gasteiger partial charge in [-0.15, -0.1) is 0 Å². The summed E-state index contributed by atoms with van der Waals surface area (Å²) in [5.41, 5.74) is -1.01. The van der Waals surface area contributed by atoms with Crippen LogP contribution in [0.25, 0.3) is 0 Å². The maximum absolute atomic E-state index is 12.4. The highest BCUT2D eigenvalue weighted by Crippen LogP contribution is 2.27. The van der Waals surface area contributed by atoms with Gasteiger partial charge >= 0.3 is 12.3 Å². The molecule has 0 atom stereocenters. The predicted octanol–water partition coefficient (Wildman–Crippen LogP) is 1.36. The Kier molecular flexibility index (Phi) is 3.72. The lowest BCUT2D eigenvalue weighted by atomic mass is 10.4. The maximum Gasteiger partial charge on any atom is 0.433 e. The summed E-state index contributed by atoms with van der Waals surface area (Å²) in [5.74, 6) is -0.123. The Morgan fingerprint density at radius 3 is 2.89 bits per heavy atom. The number of hydrogen-bond acceptors (Lipinski definition) is 5. The Morgan fingerprint density at radius 2 is 2.26 bits per heavy atom. The van der Waals surface area contributed by atoms with Gasteiger partial charge in [-0.05, 0) is 6.07 Å². The number of hydrogen-bond donors (Lipinski definition) is 1. The molecule has 1 N–H and O–H groups in total. The summed E-state index contributed by atoms with van der Waals surface area (Å²) >= 11 is 0. The topological polar surface area (TPSA) is 67.3 Å². The van der Waals surface area contributed by atoms with Crippen molar-refractivity contribution in [3.05, 3.63) is 18.0 Å². The number of alkyl halides is 3. The molecule has 0 unspecified atom stereocenters. The minimum absolute atomic E-state index is 0.123. The Morgan fingerprint density at radius 1 is 1.47 bits per heavy atom. The Labute approximate surface area is 106 Å². The Bertz CT molecular complexity index is 466. The van der Waals surface area contributed by atoms with E-state index in [9.17, 15) is 18.0 Å². The van der Waals surface area contributed by atoms with E-state index >= 15 is 0 Å². The van der Waals surface area contributed by atoms with Crippen LogP contribution in [-0.4, -0.2) is 47.2 Å². The van der Waals surface area contributed by atoms with Crippen molar-refractivity contribution in [2.45, 2.75) is 6.18 Å². The first-order valence-corrected chi connectivity index (χ1v) is 5.52. The van der Waals surface area contributed by atoms with Gasteiger partial charge in [0, 0.05) is 19.3 Å². The van der Waals surface area contributed by atoms with Crippen LogP contribution >= 0.6 is 0 Å². The van der Waals surface area contributed by atoms with Crippen LogP contribution in [0.15, 0.2) is 12.3 Å². The fourth-order valence-electron chi connectivity index (χ4n) is 1.53. The van der Waals surface area contributed by atoms with Crippen molar-refractivity contribution < 1.29 is 22.7 Å². The molecule has 0 spiro atoms. The molecule has 1 aromatic rings. The molecule has 1 aromatic heterocycles. The van der Waals surface area contributed by atoms with Gasteiger partial charge in [-0.1, -0.05) is 0 Å². The third kappa shape index (κ3) is 3.46. The van der Waals surface area contributed by atoms with Crippen LogP contribution in [-0.2, 0) is 10.9 Å². The lowest BCUT2D eigenvalue weighted by Crippen LogP contribution is -2.30. The lowest BCUT2D eigenvalue weighted by molar-refractivity contribution is -0.141. The van der Waals surface area contributed by atoms with E-state index in [1.54, 1.807) is 0 Å². The largest absolute Gasteiger partial charge is 0.448 e. The number of cyclic esters (lactones) is 1. The molecule has 6 nitrogen and oxygen atoms in total. The number of nitrogens with one attached hydrogen (secondary N) is 1. The van der Waals surface area contributed by atoms with Gasteiger partial charge in [-0.2, -0.15) is 13.2 Å². The SMILES string of the molecule is O=C1OCCN1CCNc1nccc(C(F)(F)F)n1. The fraction of sp³-hybridized carbons (Fsp3) is 0.500. The summed E-state index contributed by atoms with van der Waals surface area (Å²) < 4.78 is 41.9. The van der Waals surface area contributed by atoms with Crippen molar-refractivity contribution >= 4 is 12.0 Å². The molecule has 1 amide bonds. The number of carbonyl (C=O) groups excluding carboxylic acids is 1. The van der Waals surface area contributed by atoms with Gasteiger partial charge in [-0.3, -0.25) is 0 Å². The normalized spacial score (nSPS) is 15.5. The Balaban J connectivity index is 1.87. The number of carbonyl (C=O) groups is 1. The number of ether oxygens (including phenoxy) is 1. The predicted molar refractivity (Wildman–Crippen MR) is 58.4 cm³/mol. The monoisotopic (exact) mass is 276 g/mol. The van der Waals surface area contributed by atoms with E-state index in [1.165, 1.54) is 4.90 Å². The van der Waals surface area contributed by atoms with Crippen LogP contribution in [0, 0.1) is 0 Å². The summed E-state index contributed by atoms with van der Waals surface area (Å²) in [7, 11) is 0. The van der Waals surface area contributed by atoms with E-state index in [4.69, 9.17) is 4.74 Å². The molecule has 1 saturated heterocycles. The first-order chi connectivity index (χ1) is 8.97. The zero-order valence-electron chi connectivity index (χ0n) is 9.78. The van der Waals surface area contributed by atoms with Crippen LogP contribution < -0.4 is 5.32 Å². The van der Waals surface area contributed by atoms with Crippen molar-refractivity contribution in [2.75, 3.05) is 31.6 Å². The third-order valence-corrected chi connectivity index (χ3v) is 2.46. The highest BCUT2D eigenvalue weighted by molar-refractivity contribution is 5.69. The third-order valence-electron chi connectivity index (χ3n) is 2.46. The summed E-state index contributed by atoms with van der Waals surface area (Å²) in [6, 6.07) is 0.795. The molecule has 0 aliphatic carbocycles. The second-order valence-corrected chi connectivity index (χ2v) is 3.79. The van der Waals surface area contributed by atoms with E-state index in [1.807, 2.05) is 0 Å². The quantitative estimate of drug-likeness (QED) is 0.899. The number of anilines is 1. The second-order valence-electron chi connectivity index (χ2n) is 3.79. The van der Waals surface area contributed by atoms with Crippen molar-refractivity contribution in [1.29, 1.82) is 0 Å².